The largest absolute Gasteiger partial charge is 0.296 e. The summed E-state index contributed by atoms with van der Waals surface area (Å²) in [5.41, 5.74) is 3.05. The molecule has 0 saturated carbocycles. The molecular formula is C8H10N2O. The van der Waals surface area contributed by atoms with Gasteiger partial charge in [0.05, 0.1) is 0 Å². The maximum atomic E-state index is 10.5. The van der Waals surface area contributed by atoms with Crippen LogP contribution in [0.2, 0.25) is 0 Å². The first-order valence-electron chi connectivity index (χ1n) is 3.83. The third-order valence-electron chi connectivity index (χ3n) is 2.26. The van der Waals surface area contributed by atoms with E-state index in [1.807, 2.05) is 11.7 Å². The van der Waals surface area contributed by atoms with Gasteiger partial charge in [-0.1, -0.05) is 0 Å². The number of hydrogen-bond acceptors (Lipinski definition) is 2. The summed E-state index contributed by atoms with van der Waals surface area (Å²) in [4.78, 5) is 10.5. The second kappa shape index (κ2) is 2.19. The summed E-state index contributed by atoms with van der Waals surface area (Å²) >= 11 is 0. The van der Waals surface area contributed by atoms with Gasteiger partial charge >= 0.3 is 0 Å². The minimum absolute atomic E-state index is 0.639. The topological polar surface area (TPSA) is 34.9 Å². The van der Waals surface area contributed by atoms with Crippen LogP contribution in [0.1, 0.15) is 28.2 Å². The lowest BCUT2D eigenvalue weighted by atomic mass is 10.2. The number of fused-ring (bicyclic) bond motifs is 1. The van der Waals surface area contributed by atoms with Gasteiger partial charge in [-0.15, -0.1) is 0 Å². The van der Waals surface area contributed by atoms with E-state index in [-0.39, 0.29) is 0 Å². The molecule has 0 aromatic carbocycles. The molecule has 0 fully saturated rings. The lowest BCUT2D eigenvalue weighted by Crippen LogP contribution is -1.96. The van der Waals surface area contributed by atoms with E-state index in [1.165, 1.54) is 17.7 Å². The minimum Gasteiger partial charge on any atom is -0.296 e. The summed E-state index contributed by atoms with van der Waals surface area (Å²) in [6.45, 7) is 0. The van der Waals surface area contributed by atoms with E-state index in [9.17, 15) is 4.79 Å². The van der Waals surface area contributed by atoms with Crippen LogP contribution in [0.5, 0.6) is 0 Å². The predicted molar refractivity (Wildman–Crippen MR) is 40.6 cm³/mol. The molecule has 58 valence electrons. The highest BCUT2D eigenvalue weighted by molar-refractivity contribution is 5.75. The molecule has 0 bridgehead atoms. The van der Waals surface area contributed by atoms with Crippen LogP contribution in [0.3, 0.4) is 0 Å². The molecule has 0 saturated heterocycles. The zero-order chi connectivity index (χ0) is 7.84. The van der Waals surface area contributed by atoms with Gasteiger partial charge < -0.3 is 0 Å². The van der Waals surface area contributed by atoms with Crippen LogP contribution in [-0.4, -0.2) is 16.1 Å². The fourth-order valence-corrected chi connectivity index (χ4v) is 1.74. The minimum atomic E-state index is 0.639. The van der Waals surface area contributed by atoms with Gasteiger partial charge in [-0.2, -0.15) is 5.10 Å². The smallest absolute Gasteiger partial charge is 0.170 e. The molecule has 1 aromatic heterocycles. The number of aromatic nitrogens is 2. The zero-order valence-electron chi connectivity index (χ0n) is 6.50. The van der Waals surface area contributed by atoms with Crippen LogP contribution in [0.25, 0.3) is 0 Å². The van der Waals surface area contributed by atoms with Gasteiger partial charge in [0.2, 0.25) is 0 Å². The average molecular weight is 150 g/mol. The van der Waals surface area contributed by atoms with Crippen molar-refractivity contribution in [3.05, 3.63) is 17.0 Å². The SMILES string of the molecule is Cn1nc(C=O)c2c1CCC2. The van der Waals surface area contributed by atoms with Crippen molar-refractivity contribution in [2.75, 3.05) is 0 Å². The van der Waals surface area contributed by atoms with Crippen molar-refractivity contribution in [1.82, 2.24) is 9.78 Å². The second-order valence-electron chi connectivity index (χ2n) is 2.91. The van der Waals surface area contributed by atoms with Crippen molar-refractivity contribution in [3.63, 3.8) is 0 Å². The molecule has 1 heterocycles. The zero-order valence-corrected chi connectivity index (χ0v) is 6.50. The molecule has 0 radical (unpaired) electrons. The van der Waals surface area contributed by atoms with Crippen LogP contribution in [0.4, 0.5) is 0 Å². The average Bonchev–Trinajstić information content (AvgIpc) is 2.54. The van der Waals surface area contributed by atoms with Crippen LogP contribution in [0, 0.1) is 0 Å². The highest BCUT2D eigenvalue weighted by Gasteiger charge is 2.19. The van der Waals surface area contributed by atoms with Gasteiger partial charge in [-0.05, 0) is 19.3 Å². The van der Waals surface area contributed by atoms with E-state index < -0.39 is 0 Å². The van der Waals surface area contributed by atoms with Crippen molar-refractivity contribution in [2.24, 2.45) is 7.05 Å². The first-order chi connectivity index (χ1) is 5.33. The van der Waals surface area contributed by atoms with Gasteiger partial charge in [0.1, 0.15) is 5.69 Å². The Morgan fingerprint density at radius 2 is 2.36 bits per heavy atom. The third-order valence-corrected chi connectivity index (χ3v) is 2.26. The summed E-state index contributed by atoms with van der Waals surface area (Å²) in [5.74, 6) is 0. The van der Waals surface area contributed by atoms with E-state index in [0.29, 0.717) is 5.69 Å². The van der Waals surface area contributed by atoms with Crippen LogP contribution < -0.4 is 0 Å². The number of rotatable bonds is 1. The Hall–Kier alpha value is -1.12. The summed E-state index contributed by atoms with van der Waals surface area (Å²) < 4.78 is 1.83. The molecule has 1 aliphatic carbocycles. The van der Waals surface area contributed by atoms with Crippen LogP contribution in [-0.2, 0) is 19.9 Å². The van der Waals surface area contributed by atoms with E-state index in [0.717, 1.165) is 19.1 Å². The molecule has 3 heteroatoms. The number of aryl methyl sites for hydroxylation is 1. The maximum Gasteiger partial charge on any atom is 0.170 e. The highest BCUT2D eigenvalue weighted by Crippen LogP contribution is 2.23. The third kappa shape index (κ3) is 0.803. The van der Waals surface area contributed by atoms with Crippen LogP contribution in [0.15, 0.2) is 0 Å². The Kier molecular flexibility index (Phi) is 1.31. The summed E-state index contributed by atoms with van der Waals surface area (Å²) in [6, 6.07) is 0. The lowest BCUT2D eigenvalue weighted by molar-refractivity contribution is 0.111. The Labute approximate surface area is 65.0 Å². The van der Waals surface area contributed by atoms with Crippen molar-refractivity contribution in [3.8, 4) is 0 Å². The Bertz CT molecular complexity index is 301. The van der Waals surface area contributed by atoms with Gasteiger partial charge in [-0.3, -0.25) is 9.48 Å². The Morgan fingerprint density at radius 3 is 3.09 bits per heavy atom. The molecule has 0 unspecified atom stereocenters. The van der Waals surface area contributed by atoms with Gasteiger partial charge in [0.25, 0.3) is 0 Å². The molecule has 0 N–H and O–H groups in total. The van der Waals surface area contributed by atoms with Crippen molar-refractivity contribution in [2.45, 2.75) is 19.3 Å². The lowest BCUT2D eigenvalue weighted by Gasteiger charge is -1.92. The summed E-state index contributed by atoms with van der Waals surface area (Å²) in [6.07, 6.45) is 4.12. The molecule has 11 heavy (non-hydrogen) atoms. The Balaban J connectivity index is 2.60. The van der Waals surface area contributed by atoms with Crippen molar-refractivity contribution < 1.29 is 4.79 Å². The van der Waals surface area contributed by atoms with Gasteiger partial charge in [0, 0.05) is 18.3 Å². The first-order valence-corrected chi connectivity index (χ1v) is 3.83. The van der Waals surface area contributed by atoms with Gasteiger partial charge in [-0.25, -0.2) is 0 Å². The van der Waals surface area contributed by atoms with E-state index in [2.05, 4.69) is 5.10 Å². The van der Waals surface area contributed by atoms with Gasteiger partial charge in [0.15, 0.2) is 6.29 Å². The molecular weight excluding hydrogens is 140 g/mol. The number of carbonyl (C=O) groups excluding carboxylic acids is 1. The predicted octanol–water partition coefficient (Wildman–Crippen LogP) is 0.721. The molecule has 0 atom stereocenters. The van der Waals surface area contributed by atoms with E-state index in [1.54, 1.807) is 0 Å². The van der Waals surface area contributed by atoms with E-state index in [4.69, 9.17) is 0 Å². The molecule has 0 amide bonds. The molecule has 0 spiro atoms. The fourth-order valence-electron chi connectivity index (χ4n) is 1.74. The molecule has 0 aliphatic heterocycles. The van der Waals surface area contributed by atoms with Crippen molar-refractivity contribution >= 4 is 6.29 Å². The molecule has 3 nitrogen and oxygen atoms in total. The fraction of sp³-hybridized carbons (Fsp3) is 0.500. The standard InChI is InChI=1S/C8H10N2O/c1-10-8-4-2-3-6(8)7(5-11)9-10/h5H,2-4H2,1H3. The number of hydrogen-bond donors (Lipinski definition) is 0. The number of nitrogens with zero attached hydrogens (tertiary/aromatic N) is 2. The molecule has 1 aromatic rings. The normalized spacial score (nSPS) is 15.0. The quantitative estimate of drug-likeness (QED) is 0.553. The number of carbonyl (C=O) groups is 1. The Morgan fingerprint density at radius 1 is 1.55 bits per heavy atom. The summed E-state index contributed by atoms with van der Waals surface area (Å²) in [5, 5.41) is 4.10. The maximum absolute atomic E-state index is 10.5. The van der Waals surface area contributed by atoms with Crippen LogP contribution >= 0.6 is 0 Å². The molecule has 1 aliphatic rings. The molecule has 2 rings (SSSR count). The number of aldehydes is 1. The second-order valence-corrected chi connectivity index (χ2v) is 2.91. The van der Waals surface area contributed by atoms with Crippen molar-refractivity contribution in [1.29, 1.82) is 0 Å². The van der Waals surface area contributed by atoms with E-state index >= 15 is 0 Å². The summed E-state index contributed by atoms with van der Waals surface area (Å²) in [7, 11) is 1.90. The first kappa shape index (κ1) is 6.58. The monoisotopic (exact) mass is 150 g/mol. The highest BCUT2D eigenvalue weighted by atomic mass is 16.1.